The molecule has 1 atom stereocenters. The highest BCUT2D eigenvalue weighted by molar-refractivity contribution is 5.35. The first-order valence-electron chi connectivity index (χ1n) is 6.65. The van der Waals surface area contributed by atoms with Gasteiger partial charge in [-0.3, -0.25) is 0 Å². The van der Waals surface area contributed by atoms with E-state index in [1.807, 2.05) is 68.4 Å². The van der Waals surface area contributed by atoms with Crippen LogP contribution >= 0.6 is 0 Å². The molecule has 0 bridgehead atoms. The molecule has 0 saturated carbocycles. The number of benzene rings is 2. The standard InChI is InChI=1S/C17H21NO2/c1-17(2,18)16(19-3)13-8-7-11-15(12-13)20-14-9-5-4-6-10-14/h4-12,16H,18H2,1-3H3. The number of rotatable bonds is 5. The maximum Gasteiger partial charge on any atom is 0.127 e. The molecule has 2 aromatic rings. The lowest BCUT2D eigenvalue weighted by atomic mass is 9.92. The summed E-state index contributed by atoms with van der Waals surface area (Å²) >= 11 is 0. The van der Waals surface area contributed by atoms with Gasteiger partial charge < -0.3 is 15.2 Å². The van der Waals surface area contributed by atoms with Crippen LogP contribution in [-0.4, -0.2) is 12.6 Å². The normalized spacial score (nSPS) is 13.0. The first kappa shape index (κ1) is 14.6. The Hall–Kier alpha value is -1.84. The van der Waals surface area contributed by atoms with Gasteiger partial charge >= 0.3 is 0 Å². The van der Waals surface area contributed by atoms with E-state index in [-0.39, 0.29) is 6.10 Å². The van der Waals surface area contributed by atoms with Crippen molar-refractivity contribution in [1.82, 2.24) is 0 Å². The van der Waals surface area contributed by atoms with E-state index in [0.717, 1.165) is 17.1 Å². The number of nitrogens with two attached hydrogens (primary N) is 1. The molecule has 0 aliphatic rings. The second kappa shape index (κ2) is 6.07. The van der Waals surface area contributed by atoms with E-state index in [0.29, 0.717) is 0 Å². The van der Waals surface area contributed by atoms with Gasteiger partial charge in [-0.25, -0.2) is 0 Å². The van der Waals surface area contributed by atoms with Crippen LogP contribution in [0, 0.1) is 0 Å². The van der Waals surface area contributed by atoms with E-state index in [9.17, 15) is 0 Å². The van der Waals surface area contributed by atoms with Crippen LogP contribution in [0.25, 0.3) is 0 Å². The quantitative estimate of drug-likeness (QED) is 0.896. The summed E-state index contributed by atoms with van der Waals surface area (Å²) in [5, 5.41) is 0. The summed E-state index contributed by atoms with van der Waals surface area (Å²) in [6.45, 7) is 3.90. The van der Waals surface area contributed by atoms with E-state index in [4.69, 9.17) is 15.2 Å². The van der Waals surface area contributed by atoms with Crippen molar-refractivity contribution in [3.05, 3.63) is 60.2 Å². The zero-order valence-corrected chi connectivity index (χ0v) is 12.2. The molecule has 0 saturated heterocycles. The van der Waals surface area contributed by atoms with Gasteiger partial charge in [0.1, 0.15) is 11.5 Å². The molecule has 106 valence electrons. The molecule has 3 nitrogen and oxygen atoms in total. The molecule has 1 unspecified atom stereocenters. The van der Waals surface area contributed by atoms with Crippen LogP contribution in [0.15, 0.2) is 54.6 Å². The number of para-hydroxylation sites is 1. The first-order chi connectivity index (χ1) is 9.50. The zero-order valence-electron chi connectivity index (χ0n) is 12.2. The van der Waals surface area contributed by atoms with E-state index < -0.39 is 5.54 Å². The van der Waals surface area contributed by atoms with E-state index in [1.54, 1.807) is 7.11 Å². The van der Waals surface area contributed by atoms with E-state index >= 15 is 0 Å². The second-order valence-electron chi connectivity index (χ2n) is 5.42. The lowest BCUT2D eigenvalue weighted by molar-refractivity contribution is 0.0485. The van der Waals surface area contributed by atoms with Crippen molar-refractivity contribution in [1.29, 1.82) is 0 Å². The van der Waals surface area contributed by atoms with Gasteiger partial charge in [-0.2, -0.15) is 0 Å². The molecule has 0 aliphatic heterocycles. The van der Waals surface area contributed by atoms with Gasteiger partial charge in [-0.1, -0.05) is 30.3 Å². The van der Waals surface area contributed by atoms with Crippen molar-refractivity contribution in [2.24, 2.45) is 5.73 Å². The van der Waals surface area contributed by atoms with Gasteiger partial charge in [0.15, 0.2) is 0 Å². The summed E-state index contributed by atoms with van der Waals surface area (Å²) in [6.07, 6.45) is -0.179. The third kappa shape index (κ3) is 3.59. The summed E-state index contributed by atoms with van der Waals surface area (Å²) in [5.74, 6) is 1.59. The Morgan fingerprint density at radius 2 is 1.60 bits per heavy atom. The molecular weight excluding hydrogens is 250 g/mol. The fourth-order valence-corrected chi connectivity index (χ4v) is 2.24. The second-order valence-corrected chi connectivity index (χ2v) is 5.42. The lowest BCUT2D eigenvalue weighted by Crippen LogP contribution is -2.40. The summed E-state index contributed by atoms with van der Waals surface area (Å²) in [7, 11) is 1.67. The SMILES string of the molecule is COC(c1cccc(Oc2ccccc2)c1)C(C)(C)N. The third-order valence-electron chi connectivity index (χ3n) is 3.05. The maximum absolute atomic E-state index is 6.16. The Labute approximate surface area is 120 Å². The van der Waals surface area contributed by atoms with Crippen LogP contribution in [0.3, 0.4) is 0 Å². The van der Waals surface area contributed by atoms with Crippen molar-refractivity contribution >= 4 is 0 Å². The number of hydrogen-bond donors (Lipinski definition) is 1. The first-order valence-corrected chi connectivity index (χ1v) is 6.65. The Morgan fingerprint density at radius 3 is 2.20 bits per heavy atom. The predicted molar refractivity (Wildman–Crippen MR) is 81.0 cm³/mol. The summed E-state index contributed by atoms with van der Waals surface area (Å²) in [4.78, 5) is 0. The average Bonchev–Trinajstić information content (AvgIpc) is 2.39. The molecule has 0 aromatic heterocycles. The van der Waals surface area contributed by atoms with E-state index in [2.05, 4.69) is 0 Å². The molecule has 0 spiro atoms. The maximum atomic E-state index is 6.16. The molecule has 0 fully saturated rings. The molecule has 0 heterocycles. The van der Waals surface area contributed by atoms with Crippen molar-refractivity contribution in [2.75, 3.05) is 7.11 Å². The summed E-state index contributed by atoms with van der Waals surface area (Å²) in [6, 6.07) is 17.5. The number of methoxy groups -OCH3 is 1. The molecule has 0 radical (unpaired) electrons. The molecule has 2 N–H and O–H groups in total. The van der Waals surface area contributed by atoms with Crippen molar-refractivity contribution in [2.45, 2.75) is 25.5 Å². The molecule has 20 heavy (non-hydrogen) atoms. The lowest BCUT2D eigenvalue weighted by Gasteiger charge is -2.29. The fraction of sp³-hybridized carbons (Fsp3) is 0.294. The van der Waals surface area contributed by atoms with Gasteiger partial charge in [0.2, 0.25) is 0 Å². The predicted octanol–water partition coefficient (Wildman–Crippen LogP) is 3.90. The number of hydrogen-bond acceptors (Lipinski definition) is 3. The van der Waals surface area contributed by atoms with Crippen LogP contribution in [0.2, 0.25) is 0 Å². The minimum atomic E-state index is -0.458. The molecule has 0 aliphatic carbocycles. The third-order valence-corrected chi connectivity index (χ3v) is 3.05. The van der Waals surface area contributed by atoms with Crippen molar-refractivity contribution < 1.29 is 9.47 Å². The summed E-state index contributed by atoms with van der Waals surface area (Å²) < 4.78 is 11.4. The fourth-order valence-electron chi connectivity index (χ4n) is 2.24. The van der Waals surface area contributed by atoms with Gasteiger partial charge in [-0.05, 0) is 43.7 Å². The van der Waals surface area contributed by atoms with E-state index in [1.165, 1.54) is 0 Å². The Balaban J connectivity index is 2.24. The van der Waals surface area contributed by atoms with Crippen molar-refractivity contribution in [3.8, 4) is 11.5 Å². The Kier molecular flexibility index (Phi) is 4.42. The monoisotopic (exact) mass is 271 g/mol. The van der Waals surface area contributed by atoms with Crippen molar-refractivity contribution in [3.63, 3.8) is 0 Å². The minimum Gasteiger partial charge on any atom is -0.457 e. The van der Waals surface area contributed by atoms with Crippen LogP contribution in [-0.2, 0) is 4.74 Å². The molecule has 2 rings (SSSR count). The molecular formula is C17H21NO2. The largest absolute Gasteiger partial charge is 0.457 e. The highest BCUT2D eigenvalue weighted by atomic mass is 16.5. The number of ether oxygens (including phenoxy) is 2. The highest BCUT2D eigenvalue weighted by Crippen LogP contribution is 2.30. The Morgan fingerprint density at radius 1 is 0.950 bits per heavy atom. The Bertz CT molecular complexity index is 546. The molecule has 3 heteroatoms. The highest BCUT2D eigenvalue weighted by Gasteiger charge is 2.26. The van der Waals surface area contributed by atoms with Gasteiger partial charge in [0, 0.05) is 12.6 Å². The smallest absolute Gasteiger partial charge is 0.127 e. The van der Waals surface area contributed by atoms with Crippen LogP contribution in [0.4, 0.5) is 0 Å². The average molecular weight is 271 g/mol. The van der Waals surface area contributed by atoms with Crippen LogP contribution in [0.5, 0.6) is 11.5 Å². The van der Waals surface area contributed by atoms with Gasteiger partial charge in [-0.15, -0.1) is 0 Å². The summed E-state index contributed by atoms with van der Waals surface area (Å²) in [5.41, 5.74) is 6.71. The molecule has 2 aromatic carbocycles. The molecule has 0 amide bonds. The zero-order chi connectivity index (χ0) is 14.6. The van der Waals surface area contributed by atoms with Crippen LogP contribution in [0.1, 0.15) is 25.5 Å². The van der Waals surface area contributed by atoms with Gasteiger partial charge in [0.25, 0.3) is 0 Å². The van der Waals surface area contributed by atoms with Crippen LogP contribution < -0.4 is 10.5 Å². The minimum absolute atomic E-state index is 0.179. The topological polar surface area (TPSA) is 44.5 Å². The van der Waals surface area contributed by atoms with Gasteiger partial charge in [0.05, 0.1) is 6.10 Å².